The van der Waals surface area contributed by atoms with Crippen LogP contribution in [0.25, 0.3) is 0 Å². The van der Waals surface area contributed by atoms with Gasteiger partial charge >= 0.3 is 0 Å². The Balaban J connectivity index is 2.00. The maximum Gasteiger partial charge on any atom is 0.161 e. The second-order valence-electron chi connectivity index (χ2n) is 5.59. The fourth-order valence-corrected chi connectivity index (χ4v) is 2.58. The van der Waals surface area contributed by atoms with Crippen LogP contribution in [0.2, 0.25) is 0 Å². The molecule has 0 aromatic heterocycles. The number of hydrogen-bond acceptors (Lipinski definition) is 4. The Bertz CT molecular complexity index is 436. The first-order valence-corrected chi connectivity index (χ1v) is 8.01. The zero-order valence-corrected chi connectivity index (χ0v) is 13.2. The van der Waals surface area contributed by atoms with Crippen molar-refractivity contribution >= 4 is 0 Å². The van der Waals surface area contributed by atoms with Gasteiger partial charge < -0.3 is 14.6 Å². The fourth-order valence-electron chi connectivity index (χ4n) is 2.58. The molecule has 1 fully saturated rings. The molecule has 1 saturated heterocycles. The predicted molar refractivity (Wildman–Crippen MR) is 83.9 cm³/mol. The second-order valence-corrected chi connectivity index (χ2v) is 5.59. The van der Waals surface area contributed by atoms with Crippen LogP contribution < -0.4 is 9.47 Å². The van der Waals surface area contributed by atoms with Gasteiger partial charge in [0.2, 0.25) is 0 Å². The first-order valence-electron chi connectivity index (χ1n) is 8.01. The van der Waals surface area contributed by atoms with E-state index >= 15 is 0 Å². The molecular weight excluding hydrogens is 266 g/mol. The van der Waals surface area contributed by atoms with Crippen molar-refractivity contribution in [3.8, 4) is 11.5 Å². The minimum atomic E-state index is -0.173. The van der Waals surface area contributed by atoms with E-state index < -0.39 is 0 Å². The van der Waals surface area contributed by atoms with Gasteiger partial charge in [0.1, 0.15) is 0 Å². The van der Waals surface area contributed by atoms with Crippen LogP contribution in [-0.4, -0.2) is 42.4 Å². The van der Waals surface area contributed by atoms with Gasteiger partial charge in [-0.2, -0.15) is 0 Å². The van der Waals surface area contributed by atoms with Crippen molar-refractivity contribution < 1.29 is 14.6 Å². The summed E-state index contributed by atoms with van der Waals surface area (Å²) < 4.78 is 11.5. The lowest BCUT2D eigenvalue weighted by atomic mass is 10.2. The quantitative estimate of drug-likeness (QED) is 0.748. The summed E-state index contributed by atoms with van der Waals surface area (Å²) in [7, 11) is 0. The zero-order chi connectivity index (χ0) is 15.1. The molecule has 0 bridgehead atoms. The average molecular weight is 293 g/mol. The van der Waals surface area contributed by atoms with Crippen molar-refractivity contribution in [2.45, 2.75) is 45.8 Å². The normalized spacial score (nSPS) is 18.9. The zero-order valence-electron chi connectivity index (χ0n) is 13.2. The molecule has 0 spiro atoms. The van der Waals surface area contributed by atoms with Crippen LogP contribution in [-0.2, 0) is 6.54 Å². The largest absolute Gasteiger partial charge is 0.490 e. The minimum Gasteiger partial charge on any atom is -0.490 e. The van der Waals surface area contributed by atoms with Gasteiger partial charge in [-0.3, -0.25) is 4.90 Å². The number of likely N-dealkylation sites (tertiary alicyclic amines) is 1. The molecule has 0 saturated carbocycles. The predicted octanol–water partition coefficient (Wildman–Crippen LogP) is 2.83. The smallest absolute Gasteiger partial charge is 0.161 e. The number of rotatable bonds is 8. The molecule has 1 atom stereocenters. The van der Waals surface area contributed by atoms with E-state index in [9.17, 15) is 5.11 Å². The number of ether oxygens (including phenoxy) is 2. The lowest BCUT2D eigenvalue weighted by molar-refractivity contribution is 0.174. The second kappa shape index (κ2) is 8.25. The molecule has 118 valence electrons. The highest BCUT2D eigenvalue weighted by molar-refractivity contribution is 5.43. The van der Waals surface area contributed by atoms with Crippen molar-refractivity contribution in [2.24, 2.45) is 0 Å². The van der Waals surface area contributed by atoms with Crippen LogP contribution in [0.3, 0.4) is 0 Å². The third kappa shape index (κ3) is 4.90. The Morgan fingerprint density at radius 3 is 2.76 bits per heavy atom. The molecule has 1 aromatic rings. The van der Waals surface area contributed by atoms with E-state index in [2.05, 4.69) is 24.0 Å². The summed E-state index contributed by atoms with van der Waals surface area (Å²) in [6, 6.07) is 6.16. The van der Waals surface area contributed by atoms with Crippen LogP contribution in [0, 0.1) is 0 Å². The standard InChI is InChI=1S/C17H27NO3/c1-3-5-10-21-16-7-6-14(11-17(16)20-4-2)12-18-9-8-15(19)13-18/h6-7,11,15,19H,3-5,8-10,12-13H2,1-2H3/t15-/m0/s1. The van der Waals surface area contributed by atoms with Crippen molar-refractivity contribution in [2.75, 3.05) is 26.3 Å². The van der Waals surface area contributed by atoms with Crippen molar-refractivity contribution in [1.29, 1.82) is 0 Å². The number of β-amino-alcohol motifs (C(OH)–C–C–N with tert-alkyl or cyclic N) is 1. The molecule has 1 aliphatic heterocycles. The monoisotopic (exact) mass is 293 g/mol. The van der Waals surface area contributed by atoms with E-state index in [1.54, 1.807) is 0 Å². The molecule has 0 amide bonds. The molecule has 4 nitrogen and oxygen atoms in total. The molecule has 4 heteroatoms. The molecular formula is C17H27NO3. The van der Waals surface area contributed by atoms with E-state index in [-0.39, 0.29) is 6.10 Å². The Kier molecular flexibility index (Phi) is 6.33. The van der Waals surface area contributed by atoms with Gasteiger partial charge in [0.05, 0.1) is 19.3 Å². The number of nitrogens with zero attached hydrogens (tertiary/aromatic N) is 1. The lowest BCUT2D eigenvalue weighted by Gasteiger charge is -2.17. The number of aliphatic hydroxyl groups is 1. The Morgan fingerprint density at radius 1 is 1.24 bits per heavy atom. The first kappa shape index (κ1) is 16.1. The maximum absolute atomic E-state index is 9.59. The number of benzene rings is 1. The van der Waals surface area contributed by atoms with Crippen molar-refractivity contribution in [3.05, 3.63) is 23.8 Å². The molecule has 1 N–H and O–H groups in total. The van der Waals surface area contributed by atoms with Gasteiger partial charge in [0.15, 0.2) is 11.5 Å². The van der Waals surface area contributed by atoms with Crippen LogP contribution in [0.15, 0.2) is 18.2 Å². The van der Waals surface area contributed by atoms with Crippen LogP contribution in [0.1, 0.15) is 38.7 Å². The van der Waals surface area contributed by atoms with Gasteiger partial charge in [-0.25, -0.2) is 0 Å². The molecule has 2 rings (SSSR count). The number of hydrogen-bond donors (Lipinski definition) is 1. The van der Waals surface area contributed by atoms with Gasteiger partial charge in [0.25, 0.3) is 0 Å². The number of unbranched alkanes of at least 4 members (excludes halogenated alkanes) is 1. The summed E-state index contributed by atoms with van der Waals surface area (Å²) in [6.45, 7) is 8.08. The SMILES string of the molecule is CCCCOc1ccc(CN2CC[C@H](O)C2)cc1OCC. The molecule has 1 aromatic carbocycles. The van der Waals surface area contributed by atoms with Crippen LogP contribution in [0.5, 0.6) is 11.5 Å². The summed E-state index contributed by atoms with van der Waals surface area (Å²) in [5, 5.41) is 9.59. The fraction of sp³-hybridized carbons (Fsp3) is 0.647. The van der Waals surface area contributed by atoms with Crippen LogP contribution >= 0.6 is 0 Å². The minimum absolute atomic E-state index is 0.173. The first-order chi connectivity index (χ1) is 10.2. The summed E-state index contributed by atoms with van der Waals surface area (Å²) in [4.78, 5) is 2.27. The summed E-state index contributed by atoms with van der Waals surface area (Å²) in [6.07, 6.45) is 2.88. The highest BCUT2D eigenvalue weighted by Crippen LogP contribution is 2.29. The third-order valence-electron chi connectivity index (χ3n) is 3.72. The topological polar surface area (TPSA) is 41.9 Å². The number of aliphatic hydroxyl groups excluding tert-OH is 1. The van der Waals surface area contributed by atoms with E-state index in [4.69, 9.17) is 9.47 Å². The summed E-state index contributed by atoms with van der Waals surface area (Å²) >= 11 is 0. The van der Waals surface area contributed by atoms with Crippen LogP contribution in [0.4, 0.5) is 0 Å². The van der Waals surface area contributed by atoms with E-state index in [0.29, 0.717) is 6.61 Å². The Labute approximate surface area is 127 Å². The van der Waals surface area contributed by atoms with Crippen molar-refractivity contribution in [1.82, 2.24) is 4.90 Å². The average Bonchev–Trinajstić information content (AvgIpc) is 2.87. The molecule has 0 radical (unpaired) electrons. The molecule has 0 unspecified atom stereocenters. The summed E-state index contributed by atoms with van der Waals surface area (Å²) in [5.74, 6) is 1.65. The van der Waals surface area contributed by atoms with Gasteiger partial charge in [0, 0.05) is 19.6 Å². The van der Waals surface area contributed by atoms with E-state index in [1.807, 2.05) is 13.0 Å². The molecule has 0 aliphatic carbocycles. The third-order valence-corrected chi connectivity index (χ3v) is 3.72. The Hall–Kier alpha value is -1.26. The molecule has 1 heterocycles. The van der Waals surface area contributed by atoms with Gasteiger partial charge in [-0.1, -0.05) is 19.4 Å². The summed E-state index contributed by atoms with van der Waals surface area (Å²) in [5.41, 5.74) is 1.20. The van der Waals surface area contributed by atoms with E-state index in [0.717, 1.165) is 57.0 Å². The highest BCUT2D eigenvalue weighted by Gasteiger charge is 2.20. The molecule has 21 heavy (non-hydrogen) atoms. The van der Waals surface area contributed by atoms with Gasteiger partial charge in [-0.15, -0.1) is 0 Å². The molecule has 1 aliphatic rings. The highest BCUT2D eigenvalue weighted by atomic mass is 16.5. The maximum atomic E-state index is 9.59. The Morgan fingerprint density at radius 2 is 2.10 bits per heavy atom. The van der Waals surface area contributed by atoms with Crippen molar-refractivity contribution in [3.63, 3.8) is 0 Å². The lowest BCUT2D eigenvalue weighted by Crippen LogP contribution is -2.21. The van der Waals surface area contributed by atoms with Gasteiger partial charge in [-0.05, 0) is 37.5 Å². The van der Waals surface area contributed by atoms with E-state index in [1.165, 1.54) is 5.56 Å².